The van der Waals surface area contributed by atoms with Crippen LogP contribution in [0.5, 0.6) is 23.0 Å². The standard InChI is InChI=1S/C40H48O4S4/c1-45-21-17-41-37-29-9-5-10-30(37)26-32-12-7-14-34(39(32)43-19-23-47-3)28-36-16-8-15-35(40(36)44-20-24-48-4)27-33-13-6-11-31(25-29)38(33)42-18-22-46-2/h5-16H,17-28H2,1-4H3. The monoisotopic (exact) mass is 720 g/mol. The van der Waals surface area contributed by atoms with E-state index in [4.69, 9.17) is 18.9 Å². The summed E-state index contributed by atoms with van der Waals surface area (Å²) in [6.07, 6.45) is 11.4. The van der Waals surface area contributed by atoms with Gasteiger partial charge in [0, 0.05) is 48.7 Å². The fourth-order valence-electron chi connectivity index (χ4n) is 6.14. The second-order valence-electron chi connectivity index (χ2n) is 11.7. The van der Waals surface area contributed by atoms with Crippen molar-refractivity contribution in [3.05, 3.63) is 117 Å². The molecule has 256 valence electrons. The zero-order valence-electron chi connectivity index (χ0n) is 28.7. The number of fused-ring (bicyclic) bond motifs is 8. The minimum Gasteiger partial charge on any atom is -0.492 e. The largest absolute Gasteiger partial charge is 0.492 e. The summed E-state index contributed by atoms with van der Waals surface area (Å²) in [6, 6.07) is 26.4. The summed E-state index contributed by atoms with van der Waals surface area (Å²) in [5.74, 6) is 7.66. The number of hydrogen-bond acceptors (Lipinski definition) is 8. The number of benzene rings is 4. The summed E-state index contributed by atoms with van der Waals surface area (Å²) in [6.45, 7) is 2.64. The number of para-hydroxylation sites is 4. The van der Waals surface area contributed by atoms with E-state index in [1.54, 1.807) is 47.0 Å². The van der Waals surface area contributed by atoms with E-state index >= 15 is 0 Å². The van der Waals surface area contributed by atoms with Gasteiger partial charge in [-0.05, 0) is 69.5 Å². The number of rotatable bonds is 16. The molecule has 0 heterocycles. The van der Waals surface area contributed by atoms with Crippen molar-refractivity contribution < 1.29 is 18.9 Å². The van der Waals surface area contributed by atoms with Crippen molar-refractivity contribution in [1.29, 1.82) is 0 Å². The minimum absolute atomic E-state index is 0.660. The molecule has 1 aliphatic rings. The highest BCUT2D eigenvalue weighted by molar-refractivity contribution is 7.99. The maximum absolute atomic E-state index is 6.64. The molecular formula is C40H48O4S4. The van der Waals surface area contributed by atoms with E-state index < -0.39 is 0 Å². The summed E-state index contributed by atoms with van der Waals surface area (Å²) < 4.78 is 26.6. The summed E-state index contributed by atoms with van der Waals surface area (Å²) >= 11 is 7.22. The van der Waals surface area contributed by atoms with Crippen LogP contribution in [0.25, 0.3) is 0 Å². The molecule has 0 spiro atoms. The first-order valence-corrected chi connectivity index (χ1v) is 22.1. The SMILES string of the molecule is CSCCOc1c2cccc1Cc1cccc(c1OCCSC)Cc1cccc(c1OCCSC)Cc1cccc(c1OCCSC)C2. The molecule has 0 radical (unpaired) electrons. The Morgan fingerprint density at radius 1 is 0.354 bits per heavy atom. The first kappa shape index (κ1) is 36.8. The molecule has 5 rings (SSSR count). The quantitative estimate of drug-likeness (QED) is 0.0935. The minimum atomic E-state index is 0.660. The zero-order valence-corrected chi connectivity index (χ0v) is 31.9. The Balaban J connectivity index is 1.70. The van der Waals surface area contributed by atoms with Gasteiger partial charge in [0.05, 0.1) is 26.4 Å². The van der Waals surface area contributed by atoms with Gasteiger partial charge >= 0.3 is 0 Å². The molecule has 0 N–H and O–H groups in total. The van der Waals surface area contributed by atoms with E-state index in [0.717, 1.165) is 71.7 Å². The molecule has 1 aliphatic carbocycles. The van der Waals surface area contributed by atoms with Gasteiger partial charge in [0.1, 0.15) is 23.0 Å². The number of hydrogen-bond donors (Lipinski definition) is 0. The normalized spacial score (nSPS) is 12.4. The highest BCUT2D eigenvalue weighted by atomic mass is 32.2. The third-order valence-electron chi connectivity index (χ3n) is 8.37. The second kappa shape index (κ2) is 19.6. The van der Waals surface area contributed by atoms with Crippen molar-refractivity contribution in [3.63, 3.8) is 0 Å². The topological polar surface area (TPSA) is 36.9 Å². The van der Waals surface area contributed by atoms with Gasteiger partial charge in [-0.3, -0.25) is 0 Å². The molecule has 0 unspecified atom stereocenters. The summed E-state index contributed by atoms with van der Waals surface area (Å²) in [5, 5.41) is 0. The van der Waals surface area contributed by atoms with Crippen molar-refractivity contribution in [2.75, 3.05) is 74.5 Å². The molecule has 0 saturated heterocycles. The molecule has 0 aromatic heterocycles. The van der Waals surface area contributed by atoms with Crippen LogP contribution in [-0.2, 0) is 25.7 Å². The average molecular weight is 721 g/mol. The van der Waals surface area contributed by atoms with Gasteiger partial charge in [-0.25, -0.2) is 0 Å². The molecule has 0 atom stereocenters. The van der Waals surface area contributed by atoms with Crippen LogP contribution in [0.2, 0.25) is 0 Å². The maximum Gasteiger partial charge on any atom is 0.126 e. The summed E-state index contributed by atoms with van der Waals surface area (Å²) in [5.41, 5.74) is 9.42. The van der Waals surface area contributed by atoms with Gasteiger partial charge in [-0.2, -0.15) is 47.0 Å². The Hall–Kier alpha value is -2.52. The van der Waals surface area contributed by atoms with Gasteiger partial charge < -0.3 is 18.9 Å². The van der Waals surface area contributed by atoms with Crippen molar-refractivity contribution in [3.8, 4) is 23.0 Å². The Morgan fingerprint density at radius 2 is 0.542 bits per heavy atom. The average Bonchev–Trinajstić information content (AvgIpc) is 3.09. The van der Waals surface area contributed by atoms with Crippen LogP contribution in [-0.4, -0.2) is 74.5 Å². The van der Waals surface area contributed by atoms with Gasteiger partial charge in [-0.1, -0.05) is 72.8 Å². The predicted molar refractivity (Wildman–Crippen MR) is 212 cm³/mol. The molecule has 48 heavy (non-hydrogen) atoms. The number of ether oxygens (including phenoxy) is 4. The first-order valence-electron chi connectivity index (χ1n) is 16.6. The van der Waals surface area contributed by atoms with Crippen LogP contribution in [0.3, 0.4) is 0 Å². The molecule has 4 aromatic carbocycles. The molecule has 8 heteroatoms. The lowest BCUT2D eigenvalue weighted by Crippen LogP contribution is -2.11. The summed E-state index contributed by atoms with van der Waals surface area (Å²) in [4.78, 5) is 0. The fraction of sp³-hybridized carbons (Fsp3) is 0.400. The second-order valence-corrected chi connectivity index (χ2v) is 15.6. The maximum atomic E-state index is 6.64. The third kappa shape index (κ3) is 9.80. The van der Waals surface area contributed by atoms with Crippen LogP contribution in [0.4, 0.5) is 0 Å². The lowest BCUT2D eigenvalue weighted by Gasteiger charge is -2.22. The lowest BCUT2D eigenvalue weighted by molar-refractivity contribution is 0.329. The van der Waals surface area contributed by atoms with Gasteiger partial charge in [0.15, 0.2) is 0 Å². The summed E-state index contributed by atoms with van der Waals surface area (Å²) in [7, 11) is 0. The van der Waals surface area contributed by atoms with Crippen LogP contribution < -0.4 is 18.9 Å². The molecule has 0 aliphatic heterocycles. The third-order valence-corrected chi connectivity index (χ3v) is 10.7. The van der Waals surface area contributed by atoms with Crippen molar-refractivity contribution in [1.82, 2.24) is 0 Å². The Bertz CT molecular complexity index is 1290. The van der Waals surface area contributed by atoms with E-state index in [-0.39, 0.29) is 0 Å². The van der Waals surface area contributed by atoms with Gasteiger partial charge in [0.25, 0.3) is 0 Å². The fourth-order valence-corrected chi connectivity index (χ4v) is 7.14. The molecule has 0 saturated carbocycles. The van der Waals surface area contributed by atoms with Gasteiger partial charge in [-0.15, -0.1) is 0 Å². The molecule has 0 amide bonds. The van der Waals surface area contributed by atoms with Crippen molar-refractivity contribution in [2.24, 2.45) is 0 Å². The Kier molecular flexibility index (Phi) is 15.0. The number of thioether (sulfide) groups is 4. The lowest BCUT2D eigenvalue weighted by atomic mass is 9.91. The molecule has 0 fully saturated rings. The Morgan fingerprint density at radius 3 is 0.708 bits per heavy atom. The molecule has 4 aromatic rings. The van der Waals surface area contributed by atoms with Gasteiger partial charge in [0.2, 0.25) is 0 Å². The molecule has 4 nitrogen and oxygen atoms in total. The first-order chi connectivity index (χ1) is 23.7. The van der Waals surface area contributed by atoms with Crippen molar-refractivity contribution in [2.45, 2.75) is 25.7 Å². The van der Waals surface area contributed by atoms with E-state index in [1.165, 1.54) is 44.5 Å². The Labute approximate surface area is 304 Å². The van der Waals surface area contributed by atoms with E-state index in [2.05, 4.69) is 97.8 Å². The van der Waals surface area contributed by atoms with E-state index in [0.29, 0.717) is 26.4 Å². The molecule has 8 bridgehead atoms. The van der Waals surface area contributed by atoms with Crippen LogP contribution in [0, 0.1) is 0 Å². The van der Waals surface area contributed by atoms with Crippen LogP contribution in [0.1, 0.15) is 44.5 Å². The highest BCUT2D eigenvalue weighted by Gasteiger charge is 2.21. The molecular weight excluding hydrogens is 673 g/mol. The highest BCUT2D eigenvalue weighted by Crippen LogP contribution is 2.39. The smallest absolute Gasteiger partial charge is 0.126 e. The van der Waals surface area contributed by atoms with Crippen LogP contribution in [0.15, 0.2) is 72.8 Å². The predicted octanol–water partition coefficient (Wildman–Crippen LogP) is 9.33. The zero-order chi connectivity index (χ0) is 33.6. The van der Waals surface area contributed by atoms with E-state index in [1.807, 2.05) is 0 Å². The van der Waals surface area contributed by atoms with E-state index in [9.17, 15) is 0 Å². The van der Waals surface area contributed by atoms with Crippen molar-refractivity contribution >= 4 is 47.0 Å². The van der Waals surface area contributed by atoms with Crippen LogP contribution >= 0.6 is 47.0 Å².